The van der Waals surface area contributed by atoms with Gasteiger partial charge < -0.3 is 5.32 Å². The normalized spacial score (nSPS) is 29.5. The fraction of sp³-hybridized carbons (Fsp3) is 1.00. The first-order valence-electron chi connectivity index (χ1n) is 7.54. The molecule has 1 rings (SSSR count). The Kier molecular flexibility index (Phi) is 8.38. The van der Waals surface area contributed by atoms with Gasteiger partial charge in [-0.15, -0.1) is 0 Å². The third-order valence-electron chi connectivity index (χ3n) is 4.18. The molecule has 1 fully saturated rings. The molecule has 1 N–H and O–H groups in total. The molecular weight excluding hydrogens is 226 g/mol. The quantitative estimate of drug-likeness (QED) is 0.650. The summed E-state index contributed by atoms with van der Waals surface area (Å²) in [7, 11) is 0. The first kappa shape index (κ1) is 15.4. The van der Waals surface area contributed by atoms with Gasteiger partial charge in [-0.3, -0.25) is 0 Å². The zero-order chi connectivity index (χ0) is 12.5. The van der Waals surface area contributed by atoms with Crippen LogP contribution in [0.15, 0.2) is 0 Å². The van der Waals surface area contributed by atoms with E-state index in [1.54, 1.807) is 0 Å². The van der Waals surface area contributed by atoms with Crippen molar-refractivity contribution in [3.05, 3.63) is 0 Å². The predicted octanol–water partition coefficient (Wildman–Crippen LogP) is 4.32. The van der Waals surface area contributed by atoms with Crippen LogP contribution in [-0.4, -0.2) is 24.6 Å². The van der Waals surface area contributed by atoms with Crippen LogP contribution in [0, 0.1) is 11.8 Å². The first-order chi connectivity index (χ1) is 8.31. The van der Waals surface area contributed by atoms with E-state index >= 15 is 0 Å². The standard InChI is InChI=1S/C15H31NS/c1-4-7-13-9-10-15(16-5-2)14(12-13)8-6-11-17-3/h13-16H,4-12H2,1-3H3. The predicted molar refractivity (Wildman–Crippen MR) is 80.8 cm³/mol. The number of rotatable bonds is 8. The SMILES string of the molecule is CCCC1CCC(NCC)C(CCCSC)C1. The van der Waals surface area contributed by atoms with E-state index in [2.05, 4.69) is 25.4 Å². The third-order valence-corrected chi connectivity index (χ3v) is 4.87. The number of nitrogens with one attached hydrogen (secondary N) is 1. The van der Waals surface area contributed by atoms with Crippen LogP contribution in [0.2, 0.25) is 0 Å². The van der Waals surface area contributed by atoms with Crippen LogP contribution in [0.5, 0.6) is 0 Å². The van der Waals surface area contributed by atoms with Gasteiger partial charge in [-0.1, -0.05) is 26.7 Å². The van der Waals surface area contributed by atoms with E-state index < -0.39 is 0 Å². The van der Waals surface area contributed by atoms with E-state index in [1.165, 1.54) is 50.7 Å². The van der Waals surface area contributed by atoms with Crippen LogP contribution >= 0.6 is 11.8 Å². The molecule has 1 nitrogen and oxygen atoms in total. The molecule has 0 spiro atoms. The highest BCUT2D eigenvalue weighted by Gasteiger charge is 2.28. The molecule has 1 saturated carbocycles. The van der Waals surface area contributed by atoms with E-state index in [-0.39, 0.29) is 0 Å². The van der Waals surface area contributed by atoms with Gasteiger partial charge in [0.2, 0.25) is 0 Å². The zero-order valence-electron chi connectivity index (χ0n) is 12.0. The number of thioether (sulfide) groups is 1. The minimum absolute atomic E-state index is 0.815. The molecule has 0 aromatic rings. The Morgan fingerprint density at radius 3 is 2.65 bits per heavy atom. The van der Waals surface area contributed by atoms with Crippen molar-refractivity contribution < 1.29 is 0 Å². The summed E-state index contributed by atoms with van der Waals surface area (Å²) in [6, 6.07) is 0.815. The number of hydrogen-bond acceptors (Lipinski definition) is 2. The Hall–Kier alpha value is 0.310. The number of hydrogen-bond donors (Lipinski definition) is 1. The van der Waals surface area contributed by atoms with Gasteiger partial charge in [-0.05, 0) is 62.5 Å². The summed E-state index contributed by atoms with van der Waals surface area (Å²) in [5.74, 6) is 3.31. The van der Waals surface area contributed by atoms with Gasteiger partial charge in [-0.2, -0.15) is 11.8 Å². The maximum Gasteiger partial charge on any atom is 0.00954 e. The molecule has 0 aromatic heterocycles. The van der Waals surface area contributed by atoms with Gasteiger partial charge in [0.25, 0.3) is 0 Å². The monoisotopic (exact) mass is 257 g/mol. The molecule has 1 aliphatic rings. The van der Waals surface area contributed by atoms with Crippen molar-refractivity contribution in [2.45, 2.75) is 64.8 Å². The van der Waals surface area contributed by atoms with Crippen molar-refractivity contribution in [3.8, 4) is 0 Å². The molecule has 0 bridgehead atoms. The molecule has 1 aliphatic carbocycles. The lowest BCUT2D eigenvalue weighted by Crippen LogP contribution is -2.40. The van der Waals surface area contributed by atoms with Crippen molar-refractivity contribution in [1.82, 2.24) is 5.32 Å². The van der Waals surface area contributed by atoms with Gasteiger partial charge in [0, 0.05) is 6.04 Å². The van der Waals surface area contributed by atoms with Gasteiger partial charge in [0.15, 0.2) is 0 Å². The van der Waals surface area contributed by atoms with Gasteiger partial charge in [0.05, 0.1) is 0 Å². The van der Waals surface area contributed by atoms with E-state index in [1.807, 2.05) is 11.8 Å². The van der Waals surface area contributed by atoms with Crippen molar-refractivity contribution in [3.63, 3.8) is 0 Å². The summed E-state index contributed by atoms with van der Waals surface area (Å²) >= 11 is 2.00. The summed E-state index contributed by atoms with van der Waals surface area (Å²) in [5.41, 5.74) is 0. The van der Waals surface area contributed by atoms with Crippen LogP contribution in [0.4, 0.5) is 0 Å². The molecule has 2 heteroatoms. The maximum absolute atomic E-state index is 3.72. The highest BCUT2D eigenvalue weighted by atomic mass is 32.2. The van der Waals surface area contributed by atoms with Crippen molar-refractivity contribution in [1.29, 1.82) is 0 Å². The minimum atomic E-state index is 0.815. The first-order valence-corrected chi connectivity index (χ1v) is 8.93. The summed E-state index contributed by atoms with van der Waals surface area (Å²) in [4.78, 5) is 0. The Morgan fingerprint density at radius 1 is 1.18 bits per heavy atom. The lowest BCUT2D eigenvalue weighted by atomic mass is 9.74. The van der Waals surface area contributed by atoms with E-state index in [0.717, 1.165) is 24.4 Å². The summed E-state index contributed by atoms with van der Waals surface area (Å²) < 4.78 is 0. The molecule has 3 unspecified atom stereocenters. The Labute approximate surface area is 113 Å². The van der Waals surface area contributed by atoms with Crippen LogP contribution in [-0.2, 0) is 0 Å². The molecule has 0 radical (unpaired) electrons. The van der Waals surface area contributed by atoms with E-state index in [0.29, 0.717) is 0 Å². The highest BCUT2D eigenvalue weighted by molar-refractivity contribution is 7.98. The van der Waals surface area contributed by atoms with Gasteiger partial charge in [0.1, 0.15) is 0 Å². The van der Waals surface area contributed by atoms with Crippen LogP contribution in [0.3, 0.4) is 0 Å². The Morgan fingerprint density at radius 2 is 2.00 bits per heavy atom. The van der Waals surface area contributed by atoms with Gasteiger partial charge in [-0.25, -0.2) is 0 Å². The second-order valence-corrected chi connectivity index (χ2v) is 6.51. The second kappa shape index (κ2) is 9.27. The average molecular weight is 257 g/mol. The molecule has 0 heterocycles. The minimum Gasteiger partial charge on any atom is -0.314 e. The largest absolute Gasteiger partial charge is 0.314 e. The lowest BCUT2D eigenvalue weighted by Gasteiger charge is -2.37. The molecular formula is C15H31NS. The molecule has 102 valence electrons. The third kappa shape index (κ3) is 5.65. The van der Waals surface area contributed by atoms with Crippen molar-refractivity contribution in [2.24, 2.45) is 11.8 Å². The molecule has 3 atom stereocenters. The van der Waals surface area contributed by atoms with Crippen molar-refractivity contribution >= 4 is 11.8 Å². The smallest absolute Gasteiger partial charge is 0.00954 e. The molecule has 17 heavy (non-hydrogen) atoms. The Bertz CT molecular complexity index is 184. The fourth-order valence-electron chi connectivity index (χ4n) is 3.37. The van der Waals surface area contributed by atoms with E-state index in [4.69, 9.17) is 0 Å². The lowest BCUT2D eigenvalue weighted by molar-refractivity contribution is 0.186. The molecule has 0 saturated heterocycles. The second-order valence-electron chi connectivity index (χ2n) is 5.53. The zero-order valence-corrected chi connectivity index (χ0v) is 12.8. The highest BCUT2D eigenvalue weighted by Crippen LogP contribution is 2.34. The Balaban J connectivity index is 2.38. The molecule has 0 amide bonds. The summed E-state index contributed by atoms with van der Waals surface area (Å²) in [5, 5.41) is 3.72. The topological polar surface area (TPSA) is 12.0 Å². The fourth-order valence-corrected chi connectivity index (χ4v) is 3.83. The van der Waals surface area contributed by atoms with Crippen LogP contribution in [0.25, 0.3) is 0 Å². The van der Waals surface area contributed by atoms with Crippen LogP contribution < -0.4 is 5.32 Å². The van der Waals surface area contributed by atoms with Crippen molar-refractivity contribution in [2.75, 3.05) is 18.6 Å². The maximum atomic E-state index is 3.72. The van der Waals surface area contributed by atoms with Crippen LogP contribution in [0.1, 0.15) is 58.8 Å². The molecule has 0 aliphatic heterocycles. The average Bonchev–Trinajstić information content (AvgIpc) is 2.33. The molecule has 0 aromatic carbocycles. The van der Waals surface area contributed by atoms with Gasteiger partial charge >= 0.3 is 0 Å². The van der Waals surface area contributed by atoms with E-state index in [9.17, 15) is 0 Å². The summed E-state index contributed by atoms with van der Waals surface area (Å²) in [6.07, 6.45) is 12.3. The summed E-state index contributed by atoms with van der Waals surface area (Å²) in [6.45, 7) is 5.72.